The van der Waals surface area contributed by atoms with E-state index in [2.05, 4.69) is 80.3 Å². The van der Waals surface area contributed by atoms with Crippen molar-refractivity contribution in [2.75, 3.05) is 13.2 Å². The molecule has 15 rings (SSSR count). The molecule has 0 spiro atoms. The van der Waals surface area contributed by atoms with Crippen molar-refractivity contribution in [1.29, 1.82) is 0 Å². The molecule has 0 aliphatic heterocycles. The number of aliphatic hydroxyl groups is 2. The first-order valence-corrected chi connectivity index (χ1v) is 35.3. The number of ketones is 1. The quantitative estimate of drug-likeness (QED) is 0.0692. The lowest BCUT2D eigenvalue weighted by Gasteiger charge is -2.28. The number of halogens is 3. The van der Waals surface area contributed by atoms with Gasteiger partial charge in [-0.05, 0) is 186 Å². The number of nitrogens with zero attached hydrogens (tertiary/aromatic N) is 16. The van der Waals surface area contributed by atoms with Crippen LogP contribution in [0.4, 0.5) is 22.8 Å². The van der Waals surface area contributed by atoms with Crippen LogP contribution >= 0.6 is 0 Å². The maximum absolute atomic E-state index is 14.0. The molecule has 114 heavy (non-hydrogen) atoms. The number of aryl methyl sites for hydroxylation is 6. The third-order valence-electron chi connectivity index (χ3n) is 17.3. The summed E-state index contributed by atoms with van der Waals surface area (Å²) in [5.74, 6) is -0.576. The number of aromatic nitrogens is 18. The highest BCUT2D eigenvalue weighted by Gasteiger charge is 2.43. The number of H-pyrrole nitrogens is 2. The van der Waals surface area contributed by atoms with Crippen LogP contribution in [0.3, 0.4) is 0 Å². The van der Waals surface area contributed by atoms with E-state index in [9.17, 15) is 42.6 Å². The zero-order valence-corrected chi connectivity index (χ0v) is 64.0. The Balaban J connectivity index is 0.000000164. The Hall–Kier alpha value is -13.9. The molecular formula is C80H77F3N18O13. The number of hydrogen-bond donors (Lipinski definition) is 4. The molecule has 2 unspecified atom stereocenters. The highest BCUT2D eigenvalue weighted by molar-refractivity contribution is 6.16. The molecule has 12 heterocycles. The number of aromatic amines is 2. The van der Waals surface area contributed by atoms with E-state index in [1.165, 1.54) is 76.6 Å². The number of imidazole rings is 3. The van der Waals surface area contributed by atoms with Crippen molar-refractivity contribution in [2.45, 2.75) is 119 Å². The minimum atomic E-state index is -2.09. The first-order valence-electron chi connectivity index (χ1n) is 35.3. The molecule has 0 aliphatic rings. The number of pyridine rings is 3. The molecule has 3 aromatic carbocycles. The number of carbonyl (C=O) groups is 3. The second-order valence-corrected chi connectivity index (χ2v) is 27.6. The van der Waals surface area contributed by atoms with Crippen molar-refractivity contribution in [3.63, 3.8) is 0 Å². The van der Waals surface area contributed by atoms with Gasteiger partial charge in [-0.25, -0.2) is 32.5 Å². The molecule has 12 aromatic heterocycles. The molecular weight excluding hydrogens is 1480 g/mol. The van der Waals surface area contributed by atoms with Gasteiger partial charge in [-0.2, -0.15) is 19.1 Å². The Morgan fingerprint density at radius 3 is 1.29 bits per heavy atom. The van der Waals surface area contributed by atoms with Crippen LogP contribution < -0.4 is 15.2 Å². The minimum absolute atomic E-state index is 0. The second-order valence-electron chi connectivity index (χ2n) is 27.6. The predicted molar refractivity (Wildman–Crippen MR) is 407 cm³/mol. The number of benzene rings is 3. The molecule has 0 amide bonds. The van der Waals surface area contributed by atoms with Crippen LogP contribution in [0.25, 0.3) is 66.5 Å². The number of fused-ring (bicyclic) bond motifs is 3. The highest BCUT2D eigenvalue weighted by atomic mass is 19.1. The third-order valence-corrected chi connectivity index (χ3v) is 17.3. The van der Waals surface area contributed by atoms with Gasteiger partial charge in [0, 0.05) is 78.8 Å². The lowest BCUT2D eigenvalue weighted by atomic mass is 9.84. The minimum Gasteiger partial charge on any atom is -0.465 e. The zero-order chi connectivity index (χ0) is 81.7. The molecule has 0 radical (unpaired) electrons. The first kappa shape index (κ1) is 79.7. The summed E-state index contributed by atoms with van der Waals surface area (Å²) in [6.45, 7) is 25.0. The van der Waals surface area contributed by atoms with Gasteiger partial charge in [0.05, 0.1) is 100 Å². The Bertz CT molecular complexity index is 5980. The van der Waals surface area contributed by atoms with E-state index >= 15 is 0 Å². The maximum Gasteiger partial charge on any atom is 0.423 e. The lowest BCUT2D eigenvalue weighted by molar-refractivity contribution is 0.0515. The van der Waals surface area contributed by atoms with Gasteiger partial charge in [-0.3, -0.25) is 44.7 Å². The van der Waals surface area contributed by atoms with Gasteiger partial charge in [-0.1, -0.05) is 15.5 Å². The van der Waals surface area contributed by atoms with E-state index in [4.69, 9.17) is 32.5 Å². The van der Waals surface area contributed by atoms with Crippen molar-refractivity contribution >= 4 is 51.1 Å². The molecule has 31 nitrogen and oxygen atoms in total. The predicted octanol–water partition coefficient (Wildman–Crippen LogP) is 13.8. The van der Waals surface area contributed by atoms with Crippen molar-refractivity contribution in [3.05, 3.63) is 261 Å². The van der Waals surface area contributed by atoms with E-state index in [-0.39, 0.29) is 88.4 Å². The normalized spacial score (nSPS) is 12.5. The summed E-state index contributed by atoms with van der Waals surface area (Å²) < 4.78 is 82.2. The number of hydrogen-bond acceptors (Lipinski definition) is 27. The van der Waals surface area contributed by atoms with Crippen LogP contribution in [-0.2, 0) is 20.7 Å². The fourth-order valence-electron chi connectivity index (χ4n) is 12.6. The molecule has 586 valence electrons. The number of carbonyl (C=O) groups excluding carboxylic acids is 3. The second kappa shape index (κ2) is 32.6. The lowest BCUT2D eigenvalue weighted by Crippen LogP contribution is -2.32. The molecule has 4 N–H and O–H groups in total. The molecule has 0 bridgehead atoms. The molecule has 0 aliphatic carbocycles. The Morgan fingerprint density at radius 1 is 0.482 bits per heavy atom. The fraction of sp³-hybridized carbons (Fsp3) is 0.250. The molecule has 0 fully saturated rings. The highest BCUT2D eigenvalue weighted by Crippen LogP contribution is 2.45. The summed E-state index contributed by atoms with van der Waals surface area (Å²) in [5.41, 5.74) is 2.42. The molecule has 0 saturated carbocycles. The van der Waals surface area contributed by atoms with Crippen LogP contribution in [0.1, 0.15) is 141 Å². The Morgan fingerprint density at radius 2 is 0.895 bits per heavy atom. The van der Waals surface area contributed by atoms with Crippen LogP contribution in [0, 0.1) is 59.0 Å². The van der Waals surface area contributed by atoms with Crippen molar-refractivity contribution in [2.24, 2.45) is 0 Å². The fourth-order valence-corrected chi connectivity index (χ4v) is 12.6. The largest absolute Gasteiger partial charge is 0.465 e. The molecule has 2 atom stereocenters. The summed E-state index contributed by atoms with van der Waals surface area (Å²) in [6.07, 6.45) is 16.6. The van der Waals surface area contributed by atoms with Gasteiger partial charge in [-0.15, -0.1) is 0 Å². The Kier molecular flexibility index (Phi) is 22.8. The Labute approximate surface area is 648 Å². The smallest absolute Gasteiger partial charge is 0.423 e. The monoisotopic (exact) mass is 1560 g/mol. The number of nitrogens with one attached hydrogen (secondary N) is 2. The van der Waals surface area contributed by atoms with Gasteiger partial charge in [0.1, 0.15) is 74.0 Å². The van der Waals surface area contributed by atoms with Gasteiger partial charge >= 0.3 is 29.9 Å². The summed E-state index contributed by atoms with van der Waals surface area (Å²) in [5, 5.41) is 36.8. The average Bonchev–Trinajstić information content (AvgIpc) is 1.66. The maximum atomic E-state index is 14.0. The molecule has 0 saturated heterocycles. The van der Waals surface area contributed by atoms with Crippen LogP contribution in [0.5, 0.6) is 12.0 Å². The van der Waals surface area contributed by atoms with E-state index in [1.54, 1.807) is 158 Å². The number of rotatable bonds is 15. The number of ether oxygens (including phenoxy) is 4. The van der Waals surface area contributed by atoms with Gasteiger partial charge in [0.15, 0.2) is 11.2 Å². The van der Waals surface area contributed by atoms with Crippen LogP contribution in [-0.4, -0.2) is 142 Å². The summed E-state index contributed by atoms with van der Waals surface area (Å²) in [4.78, 5) is 104. The van der Waals surface area contributed by atoms with Crippen molar-refractivity contribution in [3.8, 4) is 45.4 Å². The summed E-state index contributed by atoms with van der Waals surface area (Å²) >= 11 is 0. The van der Waals surface area contributed by atoms with E-state index in [1.807, 2.05) is 0 Å². The van der Waals surface area contributed by atoms with E-state index in [0.717, 1.165) is 30.2 Å². The van der Waals surface area contributed by atoms with Crippen LogP contribution in [0.2, 0.25) is 0 Å². The summed E-state index contributed by atoms with van der Waals surface area (Å²) in [7, 11) is 0. The topological polar surface area (TPSA) is 407 Å². The van der Waals surface area contributed by atoms with E-state index < -0.39 is 63.5 Å². The first-order chi connectivity index (χ1) is 54.3. The van der Waals surface area contributed by atoms with Gasteiger partial charge < -0.3 is 52.7 Å². The van der Waals surface area contributed by atoms with Crippen LogP contribution in [0.15, 0.2) is 172 Å². The molecule has 34 heteroatoms. The average molecular weight is 1560 g/mol. The van der Waals surface area contributed by atoms with E-state index in [0.29, 0.717) is 78.7 Å². The van der Waals surface area contributed by atoms with Crippen molar-refractivity contribution in [1.82, 2.24) is 89.4 Å². The summed E-state index contributed by atoms with van der Waals surface area (Å²) in [6, 6.07) is 17.7. The standard InChI is InChI=1S/C29H29FN6O5.C25H25FN4O5.C22H17FN6O3.C4H4N2.H2/c1-7-39-26-34-25-20(29(38,23-15-31-10-11-32-23)22-9-8-19(30)14-33-22)12-18(24-16(2)35-41-17(24)3)13-21(25)36(26)27(37)40-28(4,5)6;1-7-33-23-28-21-17(22(31)18-9-8-16(26)12-27-18)10-15(20-13(2)29-35-14(20)3)11-19(21)30(23)24(32)34-25(4,5)6;1-11-19(12(2)32-29-11)13-7-15(20-16(8-13)27-21(30)28-20)22(31,18-10-24-5-6-25-18)17-4-3-14(23)9-26-17;1-2-6-4-3-5-1;/h8-15,38H,7H2,1-6H3;8-12H,7H2,1-6H3;3-10,31H,1-2H3,(H2,27,28,30);1-4H;1H/i;;;;1+1. The van der Waals surface area contributed by atoms with Crippen molar-refractivity contribution < 1.29 is 71.7 Å². The molecule has 15 aromatic rings. The van der Waals surface area contributed by atoms with Gasteiger partial charge in [0.25, 0.3) is 0 Å². The SMILES string of the molecule is CCOc1nc2c(C(=O)c3ccc(F)cn3)cc(-c3c(C)noc3C)cc2n1C(=O)OC(C)(C)C.CCOc1nc2c(C(O)(c3ccc(F)cn3)c3cnccn3)cc(-c3c(C)noc3C)cc2n1C(=O)OC(C)(C)C.Cc1noc(C)c1-c1cc(C(O)(c2ccc(F)cn2)c2cnccn2)c2[nH]c(=O)[nH]c2c1.[2HH].c1cnccn1. The third kappa shape index (κ3) is 16.5. The zero-order valence-electron chi connectivity index (χ0n) is 64.0. The van der Waals surface area contributed by atoms with Gasteiger partial charge in [0.2, 0.25) is 5.78 Å².